The lowest BCUT2D eigenvalue weighted by Gasteiger charge is -2.03. The molecule has 0 aliphatic carbocycles. The van der Waals surface area contributed by atoms with Gasteiger partial charge in [0, 0.05) is 10.6 Å². The number of aryl methyl sites for hydroxylation is 1. The Labute approximate surface area is 115 Å². The number of carbonyl (C=O) groups is 1. The zero-order chi connectivity index (χ0) is 13.3. The lowest BCUT2D eigenvalue weighted by molar-refractivity contribution is 0.0690. The second-order valence-corrected chi connectivity index (χ2v) is 5.54. The van der Waals surface area contributed by atoms with Gasteiger partial charge < -0.3 is 10.4 Å². The monoisotopic (exact) mass is 330 g/mol. The van der Waals surface area contributed by atoms with E-state index in [0.717, 1.165) is 0 Å². The van der Waals surface area contributed by atoms with Crippen molar-refractivity contribution in [3.8, 4) is 0 Å². The van der Waals surface area contributed by atoms with Crippen LogP contribution in [0.25, 0.3) is 0 Å². The van der Waals surface area contributed by atoms with E-state index in [4.69, 9.17) is 5.11 Å². The molecule has 4 nitrogen and oxygen atoms in total. The van der Waals surface area contributed by atoms with Crippen molar-refractivity contribution in [3.63, 3.8) is 0 Å². The average molecular weight is 331 g/mol. The molecule has 1 heterocycles. The van der Waals surface area contributed by atoms with Crippen molar-refractivity contribution in [3.05, 3.63) is 39.1 Å². The maximum Gasteiger partial charge on any atom is 0.355 e. The molecule has 0 amide bonds. The molecule has 94 valence electrons. The van der Waals surface area contributed by atoms with Crippen molar-refractivity contribution in [2.75, 3.05) is 5.32 Å². The Balaban J connectivity index is 2.26. The van der Waals surface area contributed by atoms with Gasteiger partial charge in [-0.05, 0) is 41.1 Å². The Morgan fingerprint density at radius 3 is 2.83 bits per heavy atom. The second-order valence-electron chi connectivity index (χ2n) is 3.48. The van der Waals surface area contributed by atoms with Gasteiger partial charge in [0.05, 0.1) is 4.47 Å². The summed E-state index contributed by atoms with van der Waals surface area (Å²) in [5, 5.41) is 12.3. The highest BCUT2D eigenvalue weighted by molar-refractivity contribution is 9.10. The van der Waals surface area contributed by atoms with Crippen molar-refractivity contribution >= 4 is 44.1 Å². The van der Waals surface area contributed by atoms with Crippen molar-refractivity contribution in [2.45, 2.75) is 6.92 Å². The van der Waals surface area contributed by atoms with Gasteiger partial charge in [0.15, 0.2) is 10.8 Å². The number of rotatable bonds is 3. The van der Waals surface area contributed by atoms with Crippen LogP contribution in [0.15, 0.2) is 22.7 Å². The smallest absolute Gasteiger partial charge is 0.355 e. The zero-order valence-electron chi connectivity index (χ0n) is 9.20. The third-order valence-corrected chi connectivity index (χ3v) is 3.66. The predicted octanol–water partition coefficient (Wildman–Crippen LogP) is 3.79. The summed E-state index contributed by atoms with van der Waals surface area (Å²) >= 11 is 4.31. The molecular formula is C11H8BrFN2O2S. The van der Waals surface area contributed by atoms with Gasteiger partial charge in [0.2, 0.25) is 0 Å². The minimum Gasteiger partial charge on any atom is -0.476 e. The number of halogens is 2. The van der Waals surface area contributed by atoms with Gasteiger partial charge in [-0.15, -0.1) is 11.3 Å². The molecule has 0 saturated carbocycles. The number of nitrogens with one attached hydrogen (secondary N) is 1. The Morgan fingerprint density at radius 2 is 2.28 bits per heavy atom. The quantitative estimate of drug-likeness (QED) is 0.898. The first-order chi connectivity index (χ1) is 8.47. The number of carboxylic acids is 1. The van der Waals surface area contributed by atoms with Gasteiger partial charge in [-0.2, -0.15) is 0 Å². The molecule has 2 aromatic rings. The molecule has 2 N–H and O–H groups in total. The summed E-state index contributed by atoms with van der Waals surface area (Å²) in [4.78, 5) is 15.4. The molecule has 0 saturated heterocycles. The van der Waals surface area contributed by atoms with Crippen LogP contribution >= 0.6 is 27.3 Å². The molecule has 1 aromatic carbocycles. The van der Waals surface area contributed by atoms with Crippen molar-refractivity contribution in [1.29, 1.82) is 0 Å². The molecular weight excluding hydrogens is 323 g/mol. The molecule has 7 heteroatoms. The van der Waals surface area contributed by atoms with Crippen LogP contribution < -0.4 is 5.32 Å². The summed E-state index contributed by atoms with van der Waals surface area (Å²) in [5.74, 6) is -1.42. The number of thiazole rings is 1. The van der Waals surface area contributed by atoms with Crippen LogP contribution in [-0.4, -0.2) is 16.1 Å². The first-order valence-electron chi connectivity index (χ1n) is 4.90. The van der Waals surface area contributed by atoms with Crippen LogP contribution in [0.2, 0.25) is 0 Å². The maximum absolute atomic E-state index is 13.0. The number of hydrogen-bond acceptors (Lipinski definition) is 4. The van der Waals surface area contributed by atoms with E-state index in [-0.39, 0.29) is 11.5 Å². The number of hydrogen-bond donors (Lipinski definition) is 2. The van der Waals surface area contributed by atoms with Gasteiger partial charge in [-0.1, -0.05) is 0 Å². The lowest BCUT2D eigenvalue weighted by Crippen LogP contribution is -1.99. The van der Waals surface area contributed by atoms with E-state index in [0.29, 0.717) is 20.2 Å². The Bertz CT molecular complexity index is 615. The topological polar surface area (TPSA) is 62.2 Å². The summed E-state index contributed by atoms with van der Waals surface area (Å²) in [7, 11) is 0. The van der Waals surface area contributed by atoms with Crippen molar-refractivity contribution < 1.29 is 14.3 Å². The fraction of sp³-hybridized carbons (Fsp3) is 0.0909. The van der Waals surface area contributed by atoms with Gasteiger partial charge in [-0.3, -0.25) is 0 Å². The summed E-state index contributed by atoms with van der Waals surface area (Å²) in [6, 6.07) is 4.43. The largest absolute Gasteiger partial charge is 0.476 e. The fourth-order valence-corrected chi connectivity index (χ4v) is 2.55. The van der Waals surface area contributed by atoms with Crippen LogP contribution in [0.5, 0.6) is 0 Å². The number of nitrogens with zero attached hydrogens (tertiary/aromatic N) is 1. The van der Waals surface area contributed by atoms with Crippen LogP contribution in [0, 0.1) is 12.7 Å². The highest BCUT2D eigenvalue weighted by Crippen LogP contribution is 2.27. The second kappa shape index (κ2) is 5.03. The van der Waals surface area contributed by atoms with E-state index in [9.17, 15) is 9.18 Å². The maximum atomic E-state index is 13.0. The van der Waals surface area contributed by atoms with E-state index in [1.54, 1.807) is 19.1 Å². The Kier molecular flexibility index (Phi) is 3.63. The normalized spacial score (nSPS) is 10.4. The lowest BCUT2D eigenvalue weighted by atomic mass is 10.3. The minimum atomic E-state index is -1.06. The number of carboxylic acid groups (broad SMARTS) is 1. The highest BCUT2D eigenvalue weighted by Gasteiger charge is 2.14. The third kappa shape index (κ3) is 2.68. The summed E-state index contributed by atoms with van der Waals surface area (Å²) in [6.45, 7) is 1.69. The number of aromatic carboxylic acids is 1. The molecule has 0 radical (unpaired) electrons. The van der Waals surface area contributed by atoms with Crippen LogP contribution in [0.1, 0.15) is 15.4 Å². The highest BCUT2D eigenvalue weighted by atomic mass is 79.9. The summed E-state index contributed by atoms with van der Waals surface area (Å²) in [6.07, 6.45) is 0. The first kappa shape index (κ1) is 13.0. The van der Waals surface area contributed by atoms with Crippen LogP contribution in [0.3, 0.4) is 0 Å². The van der Waals surface area contributed by atoms with E-state index in [1.165, 1.54) is 17.4 Å². The van der Waals surface area contributed by atoms with E-state index >= 15 is 0 Å². The molecule has 0 aliphatic heterocycles. The number of aromatic nitrogens is 1. The molecule has 0 bridgehead atoms. The molecule has 0 aliphatic rings. The molecule has 2 rings (SSSR count). The Morgan fingerprint density at radius 1 is 1.56 bits per heavy atom. The molecule has 0 unspecified atom stereocenters. The van der Waals surface area contributed by atoms with Crippen molar-refractivity contribution in [1.82, 2.24) is 4.98 Å². The van der Waals surface area contributed by atoms with E-state index in [2.05, 4.69) is 26.2 Å². The summed E-state index contributed by atoms with van der Waals surface area (Å²) < 4.78 is 13.4. The molecule has 1 aromatic heterocycles. The van der Waals surface area contributed by atoms with Crippen LogP contribution in [-0.2, 0) is 0 Å². The molecule has 18 heavy (non-hydrogen) atoms. The zero-order valence-corrected chi connectivity index (χ0v) is 11.6. The fourth-order valence-electron chi connectivity index (χ4n) is 1.35. The minimum absolute atomic E-state index is 0.0312. The predicted molar refractivity (Wildman–Crippen MR) is 71.2 cm³/mol. The average Bonchev–Trinajstić information content (AvgIpc) is 2.65. The van der Waals surface area contributed by atoms with Gasteiger partial charge in [0.1, 0.15) is 5.82 Å². The van der Waals surface area contributed by atoms with Gasteiger partial charge in [-0.25, -0.2) is 14.2 Å². The third-order valence-electron chi connectivity index (χ3n) is 2.17. The van der Waals surface area contributed by atoms with Crippen molar-refractivity contribution in [2.24, 2.45) is 0 Å². The molecule has 0 spiro atoms. The molecule has 0 fully saturated rings. The van der Waals surface area contributed by atoms with E-state index in [1.807, 2.05) is 0 Å². The standard InChI is InChI=1S/C11H8BrFN2O2S/c1-5-9(10(16)17)15-11(18-5)14-6-2-3-8(13)7(12)4-6/h2-4H,1H3,(H,14,15)(H,16,17). The summed E-state index contributed by atoms with van der Waals surface area (Å²) in [5.41, 5.74) is 0.664. The van der Waals surface area contributed by atoms with Gasteiger partial charge in [0.25, 0.3) is 0 Å². The SMILES string of the molecule is Cc1sc(Nc2ccc(F)c(Br)c2)nc1C(=O)O. The number of anilines is 2. The van der Waals surface area contributed by atoms with Gasteiger partial charge >= 0.3 is 5.97 Å². The Hall–Kier alpha value is -1.47. The van der Waals surface area contributed by atoms with E-state index < -0.39 is 5.97 Å². The molecule has 0 atom stereocenters. The number of benzene rings is 1. The first-order valence-corrected chi connectivity index (χ1v) is 6.51. The van der Waals surface area contributed by atoms with Crippen LogP contribution in [0.4, 0.5) is 15.2 Å².